The van der Waals surface area contributed by atoms with E-state index in [1.807, 2.05) is 38.8 Å². The number of carbonyl (C=O) groups excluding carboxylic acids is 1. The first-order valence-corrected chi connectivity index (χ1v) is 9.87. The van der Waals surface area contributed by atoms with Crippen LogP contribution in [0, 0.1) is 0 Å². The van der Waals surface area contributed by atoms with Gasteiger partial charge >= 0.3 is 0 Å². The standard InChI is InChI=1S/C15H21N3OS.C5H10O2/c1-16-7-9-18(10-8-16)20-14-11-17(2)15-12(14)5-4-6-13(15)19-3;1-5(2,3)7-4-6/h4-6,11H,7-10H2,1-3H3;4H,1-3H3. The highest BCUT2D eigenvalue weighted by Crippen LogP contribution is 2.36. The molecule has 0 atom stereocenters. The zero-order valence-corrected chi connectivity index (χ0v) is 18.0. The van der Waals surface area contributed by atoms with E-state index in [4.69, 9.17) is 4.74 Å². The summed E-state index contributed by atoms with van der Waals surface area (Å²) < 4.78 is 14.6. The van der Waals surface area contributed by atoms with Gasteiger partial charge in [0.05, 0.1) is 12.6 Å². The predicted octanol–water partition coefficient (Wildman–Crippen LogP) is 3.40. The summed E-state index contributed by atoms with van der Waals surface area (Å²) in [5.74, 6) is 0.940. The Morgan fingerprint density at radius 1 is 1.11 bits per heavy atom. The number of aryl methyl sites for hydroxylation is 1. The lowest BCUT2D eigenvalue weighted by Crippen LogP contribution is -2.40. The Kier molecular flexibility index (Phi) is 7.59. The maximum atomic E-state index is 9.60. The lowest BCUT2D eigenvalue weighted by molar-refractivity contribution is -0.138. The van der Waals surface area contributed by atoms with E-state index >= 15 is 0 Å². The minimum Gasteiger partial charge on any atom is -0.495 e. The first-order chi connectivity index (χ1) is 12.7. The summed E-state index contributed by atoms with van der Waals surface area (Å²) in [6.45, 7) is 10.4. The zero-order chi connectivity index (χ0) is 20.0. The summed E-state index contributed by atoms with van der Waals surface area (Å²) in [7, 11) is 6.00. The van der Waals surface area contributed by atoms with E-state index in [-0.39, 0.29) is 5.60 Å². The normalized spacial score (nSPS) is 15.9. The third kappa shape index (κ3) is 6.16. The number of methoxy groups -OCH3 is 1. The highest BCUT2D eigenvalue weighted by Gasteiger charge is 2.18. The molecule has 0 aliphatic carbocycles. The molecular weight excluding hydrogens is 362 g/mol. The molecule has 6 nitrogen and oxygen atoms in total. The number of hydrogen-bond acceptors (Lipinski definition) is 6. The molecule has 1 aromatic carbocycles. The second-order valence-electron chi connectivity index (χ2n) is 7.61. The summed E-state index contributed by atoms with van der Waals surface area (Å²) in [5.41, 5.74) is 0.855. The molecule has 7 heteroatoms. The number of para-hydroxylation sites is 1. The van der Waals surface area contributed by atoms with Crippen LogP contribution in [-0.2, 0) is 16.6 Å². The van der Waals surface area contributed by atoms with Crippen LogP contribution in [0.25, 0.3) is 10.9 Å². The van der Waals surface area contributed by atoms with Gasteiger partial charge in [0, 0.05) is 49.7 Å². The number of carbonyl (C=O) groups is 1. The molecule has 1 saturated heterocycles. The molecule has 0 unspecified atom stereocenters. The van der Waals surface area contributed by atoms with Crippen molar-refractivity contribution in [2.24, 2.45) is 7.05 Å². The molecule has 2 heterocycles. The van der Waals surface area contributed by atoms with Crippen molar-refractivity contribution >= 4 is 29.3 Å². The average molecular weight is 394 g/mol. The third-order valence-electron chi connectivity index (χ3n) is 4.24. The Morgan fingerprint density at radius 3 is 2.30 bits per heavy atom. The van der Waals surface area contributed by atoms with Gasteiger partial charge in [-0.3, -0.25) is 4.79 Å². The Bertz CT molecular complexity index is 747. The van der Waals surface area contributed by atoms with Crippen molar-refractivity contribution < 1.29 is 14.3 Å². The molecule has 3 rings (SSSR count). The highest BCUT2D eigenvalue weighted by atomic mass is 32.2. The zero-order valence-electron chi connectivity index (χ0n) is 17.2. The molecule has 1 aliphatic heterocycles. The highest BCUT2D eigenvalue weighted by molar-refractivity contribution is 7.97. The van der Waals surface area contributed by atoms with Crippen molar-refractivity contribution in [3.63, 3.8) is 0 Å². The van der Waals surface area contributed by atoms with Crippen LogP contribution in [0.2, 0.25) is 0 Å². The Labute approximate surface area is 166 Å². The fourth-order valence-corrected chi connectivity index (χ4v) is 3.89. The van der Waals surface area contributed by atoms with E-state index in [9.17, 15) is 4.79 Å². The van der Waals surface area contributed by atoms with Crippen LogP contribution < -0.4 is 4.74 Å². The maximum Gasteiger partial charge on any atom is 0.293 e. The molecule has 0 N–H and O–H groups in total. The van der Waals surface area contributed by atoms with Crippen LogP contribution in [0.15, 0.2) is 29.3 Å². The fourth-order valence-electron chi connectivity index (χ4n) is 2.80. The third-order valence-corrected chi connectivity index (χ3v) is 5.38. The number of benzene rings is 1. The molecule has 1 fully saturated rings. The van der Waals surface area contributed by atoms with Crippen molar-refractivity contribution in [3.8, 4) is 5.75 Å². The van der Waals surface area contributed by atoms with Crippen LogP contribution in [0.3, 0.4) is 0 Å². The number of hydrogen-bond donors (Lipinski definition) is 0. The van der Waals surface area contributed by atoms with E-state index in [2.05, 4.69) is 50.9 Å². The Morgan fingerprint density at radius 2 is 1.78 bits per heavy atom. The number of likely N-dealkylation sites (N-methyl/N-ethyl adjacent to an activating group) is 1. The number of rotatable bonds is 4. The van der Waals surface area contributed by atoms with Gasteiger partial charge in [0.2, 0.25) is 0 Å². The largest absolute Gasteiger partial charge is 0.495 e. The van der Waals surface area contributed by atoms with E-state index in [0.29, 0.717) is 6.47 Å². The second kappa shape index (κ2) is 9.48. The van der Waals surface area contributed by atoms with Gasteiger partial charge in [0.15, 0.2) is 0 Å². The Hall–Kier alpha value is -1.70. The smallest absolute Gasteiger partial charge is 0.293 e. The van der Waals surface area contributed by atoms with Gasteiger partial charge in [-0.1, -0.05) is 12.1 Å². The van der Waals surface area contributed by atoms with Gasteiger partial charge in [0.1, 0.15) is 11.4 Å². The SMILES string of the molecule is CC(C)(C)OC=O.COc1cccc2c(SN3CCN(C)CC3)cn(C)c12. The van der Waals surface area contributed by atoms with Crippen molar-refractivity contribution in [2.45, 2.75) is 31.3 Å². The molecule has 2 aromatic rings. The summed E-state index contributed by atoms with van der Waals surface area (Å²) in [6.07, 6.45) is 2.20. The van der Waals surface area contributed by atoms with E-state index in [0.717, 1.165) is 31.9 Å². The molecule has 0 amide bonds. The van der Waals surface area contributed by atoms with Crippen LogP contribution in [0.1, 0.15) is 20.8 Å². The van der Waals surface area contributed by atoms with Crippen molar-refractivity contribution in [2.75, 3.05) is 40.3 Å². The minimum atomic E-state index is -0.318. The summed E-state index contributed by atoms with van der Waals surface area (Å²) in [6, 6.07) is 6.26. The number of nitrogens with zero attached hydrogens (tertiary/aromatic N) is 3. The van der Waals surface area contributed by atoms with Crippen molar-refractivity contribution in [1.82, 2.24) is 13.8 Å². The first-order valence-electron chi connectivity index (χ1n) is 9.10. The minimum absolute atomic E-state index is 0.318. The topological polar surface area (TPSA) is 46.9 Å². The van der Waals surface area contributed by atoms with Gasteiger partial charge in [-0.05, 0) is 45.8 Å². The fraction of sp³-hybridized carbons (Fsp3) is 0.550. The second-order valence-corrected chi connectivity index (χ2v) is 8.75. The lowest BCUT2D eigenvalue weighted by atomic mass is 10.2. The molecule has 0 saturated carbocycles. The van der Waals surface area contributed by atoms with Gasteiger partial charge < -0.3 is 18.9 Å². The number of aromatic nitrogens is 1. The predicted molar refractivity (Wildman–Crippen MR) is 111 cm³/mol. The molecule has 27 heavy (non-hydrogen) atoms. The summed E-state index contributed by atoms with van der Waals surface area (Å²) in [4.78, 5) is 13.3. The molecule has 1 aliphatic rings. The van der Waals surface area contributed by atoms with Crippen LogP contribution in [0.5, 0.6) is 5.75 Å². The molecular formula is C20H31N3O3S. The molecule has 1 aromatic heterocycles. The monoisotopic (exact) mass is 393 g/mol. The van der Waals surface area contributed by atoms with Crippen LogP contribution >= 0.6 is 11.9 Å². The van der Waals surface area contributed by atoms with Crippen LogP contribution in [0.4, 0.5) is 0 Å². The van der Waals surface area contributed by atoms with Gasteiger partial charge in [-0.2, -0.15) is 0 Å². The molecule has 0 spiro atoms. The van der Waals surface area contributed by atoms with E-state index in [1.165, 1.54) is 15.8 Å². The van der Waals surface area contributed by atoms with Crippen molar-refractivity contribution in [3.05, 3.63) is 24.4 Å². The lowest BCUT2D eigenvalue weighted by Gasteiger charge is -2.31. The molecule has 0 bridgehead atoms. The quantitative estimate of drug-likeness (QED) is 0.586. The van der Waals surface area contributed by atoms with E-state index in [1.54, 1.807) is 7.11 Å². The number of ether oxygens (including phenoxy) is 2. The van der Waals surface area contributed by atoms with E-state index < -0.39 is 0 Å². The average Bonchev–Trinajstić information content (AvgIpc) is 2.92. The summed E-state index contributed by atoms with van der Waals surface area (Å²) >= 11 is 1.87. The van der Waals surface area contributed by atoms with Crippen LogP contribution in [-0.4, -0.2) is 66.2 Å². The number of fused-ring (bicyclic) bond motifs is 1. The van der Waals surface area contributed by atoms with Crippen molar-refractivity contribution in [1.29, 1.82) is 0 Å². The maximum absolute atomic E-state index is 9.60. The van der Waals surface area contributed by atoms with Gasteiger partial charge in [-0.15, -0.1) is 0 Å². The first kappa shape index (κ1) is 21.6. The number of piperazine rings is 1. The van der Waals surface area contributed by atoms with Gasteiger partial charge in [0.25, 0.3) is 6.47 Å². The van der Waals surface area contributed by atoms with Gasteiger partial charge in [-0.25, -0.2) is 4.31 Å². The molecule has 150 valence electrons. The molecule has 0 radical (unpaired) electrons. The summed E-state index contributed by atoms with van der Waals surface area (Å²) in [5, 5.41) is 1.27. The Balaban J connectivity index is 0.000000321.